The van der Waals surface area contributed by atoms with Gasteiger partial charge >= 0.3 is 0 Å². The first-order valence-corrected chi connectivity index (χ1v) is 3.89. The van der Waals surface area contributed by atoms with Crippen molar-refractivity contribution in [2.75, 3.05) is 0 Å². The fraction of sp³-hybridized carbons (Fsp3) is 0.125. The summed E-state index contributed by atoms with van der Waals surface area (Å²) in [5.41, 5.74) is 0.484. The number of hydrogen-bond donors (Lipinski definition) is 0. The SMILES string of the molecule is C=C(N=C=O)c1ccc(C)s1. The van der Waals surface area contributed by atoms with Gasteiger partial charge in [0.15, 0.2) is 0 Å². The number of aliphatic imine (C=N–C) groups is 1. The molecule has 0 atom stereocenters. The fourth-order valence-corrected chi connectivity index (χ4v) is 1.48. The van der Waals surface area contributed by atoms with Crippen LogP contribution in [0, 0.1) is 6.92 Å². The van der Waals surface area contributed by atoms with Gasteiger partial charge in [-0.25, -0.2) is 4.79 Å². The minimum absolute atomic E-state index is 0.484. The number of thiophene rings is 1. The highest BCUT2D eigenvalue weighted by Crippen LogP contribution is 2.22. The third-order valence-corrected chi connectivity index (χ3v) is 2.26. The van der Waals surface area contributed by atoms with E-state index in [1.807, 2.05) is 19.1 Å². The summed E-state index contributed by atoms with van der Waals surface area (Å²) in [4.78, 5) is 15.4. The maximum Gasteiger partial charge on any atom is 0.240 e. The van der Waals surface area contributed by atoms with Crippen LogP contribution in [0.25, 0.3) is 5.70 Å². The molecule has 0 saturated heterocycles. The predicted octanol–water partition coefficient (Wildman–Crippen LogP) is 2.36. The Morgan fingerprint density at radius 1 is 1.73 bits per heavy atom. The van der Waals surface area contributed by atoms with E-state index in [0.717, 1.165) is 4.88 Å². The van der Waals surface area contributed by atoms with Gasteiger partial charge < -0.3 is 0 Å². The van der Waals surface area contributed by atoms with Crippen LogP contribution < -0.4 is 0 Å². The molecule has 1 heterocycles. The molecule has 0 aliphatic heterocycles. The van der Waals surface area contributed by atoms with Crippen molar-refractivity contribution in [1.82, 2.24) is 0 Å². The molecular formula is C8H7NOS. The summed E-state index contributed by atoms with van der Waals surface area (Å²) in [6, 6.07) is 3.86. The molecule has 56 valence electrons. The first-order valence-electron chi connectivity index (χ1n) is 3.07. The third kappa shape index (κ3) is 1.87. The van der Waals surface area contributed by atoms with Gasteiger partial charge in [-0.1, -0.05) is 6.58 Å². The Kier molecular flexibility index (Phi) is 2.36. The Labute approximate surface area is 68.9 Å². The second-order valence-electron chi connectivity index (χ2n) is 2.06. The molecule has 0 bridgehead atoms. The Morgan fingerprint density at radius 3 is 2.91 bits per heavy atom. The smallest absolute Gasteiger partial charge is 0.211 e. The highest BCUT2D eigenvalue weighted by atomic mass is 32.1. The lowest BCUT2D eigenvalue weighted by Crippen LogP contribution is -1.67. The normalized spacial score (nSPS) is 8.82. The average molecular weight is 165 g/mol. The zero-order valence-corrected chi connectivity index (χ0v) is 6.94. The summed E-state index contributed by atoms with van der Waals surface area (Å²) < 4.78 is 0. The molecule has 0 radical (unpaired) electrons. The number of isocyanates is 1. The molecule has 1 rings (SSSR count). The van der Waals surface area contributed by atoms with Crippen molar-refractivity contribution in [2.45, 2.75) is 6.92 Å². The van der Waals surface area contributed by atoms with Crippen LogP contribution in [-0.4, -0.2) is 6.08 Å². The summed E-state index contributed by atoms with van der Waals surface area (Å²) in [7, 11) is 0. The Bertz CT molecular complexity index is 321. The summed E-state index contributed by atoms with van der Waals surface area (Å²) in [5, 5.41) is 0. The second-order valence-corrected chi connectivity index (χ2v) is 3.35. The molecule has 3 heteroatoms. The molecule has 0 spiro atoms. The zero-order chi connectivity index (χ0) is 8.27. The van der Waals surface area contributed by atoms with Crippen LogP contribution in [-0.2, 0) is 4.79 Å². The molecule has 0 unspecified atom stereocenters. The van der Waals surface area contributed by atoms with E-state index in [1.54, 1.807) is 11.3 Å². The topological polar surface area (TPSA) is 29.4 Å². The fourth-order valence-electron chi connectivity index (χ4n) is 0.700. The van der Waals surface area contributed by atoms with E-state index < -0.39 is 0 Å². The lowest BCUT2D eigenvalue weighted by Gasteiger charge is -1.87. The van der Waals surface area contributed by atoms with Gasteiger partial charge in [0.2, 0.25) is 6.08 Å². The van der Waals surface area contributed by atoms with Gasteiger partial charge in [-0.3, -0.25) is 0 Å². The molecule has 0 aromatic carbocycles. The summed E-state index contributed by atoms with van der Waals surface area (Å²) in [6.07, 6.45) is 1.46. The first kappa shape index (κ1) is 7.92. The van der Waals surface area contributed by atoms with Crippen LogP contribution >= 0.6 is 11.3 Å². The monoisotopic (exact) mass is 165 g/mol. The predicted molar refractivity (Wildman–Crippen MR) is 46.2 cm³/mol. The van der Waals surface area contributed by atoms with Gasteiger partial charge in [0.25, 0.3) is 0 Å². The molecule has 11 heavy (non-hydrogen) atoms. The van der Waals surface area contributed by atoms with Gasteiger partial charge in [0.05, 0.1) is 10.6 Å². The quantitative estimate of drug-likeness (QED) is 0.488. The van der Waals surface area contributed by atoms with E-state index in [0.29, 0.717) is 5.70 Å². The maximum atomic E-state index is 9.85. The van der Waals surface area contributed by atoms with Gasteiger partial charge in [0, 0.05) is 4.88 Å². The molecule has 1 aromatic heterocycles. The van der Waals surface area contributed by atoms with E-state index in [-0.39, 0.29) is 0 Å². The molecule has 1 aromatic rings. The lowest BCUT2D eigenvalue weighted by atomic mass is 10.4. The number of rotatable bonds is 2. The summed E-state index contributed by atoms with van der Waals surface area (Å²) in [6.45, 7) is 5.60. The number of aryl methyl sites for hydroxylation is 1. The van der Waals surface area contributed by atoms with Gasteiger partial charge in [-0.05, 0) is 19.1 Å². The van der Waals surface area contributed by atoms with Crippen molar-refractivity contribution in [3.05, 3.63) is 28.5 Å². The number of nitrogens with zero attached hydrogens (tertiary/aromatic N) is 1. The van der Waals surface area contributed by atoms with Crippen LogP contribution in [0.3, 0.4) is 0 Å². The van der Waals surface area contributed by atoms with Crippen molar-refractivity contribution in [3.63, 3.8) is 0 Å². The van der Waals surface area contributed by atoms with Crippen LogP contribution in [0.4, 0.5) is 0 Å². The number of hydrogen-bond acceptors (Lipinski definition) is 3. The van der Waals surface area contributed by atoms with Crippen molar-refractivity contribution in [1.29, 1.82) is 0 Å². The van der Waals surface area contributed by atoms with Gasteiger partial charge in [0.1, 0.15) is 0 Å². The van der Waals surface area contributed by atoms with Crippen LogP contribution in [0.15, 0.2) is 23.7 Å². The van der Waals surface area contributed by atoms with Crippen molar-refractivity contribution in [3.8, 4) is 0 Å². The van der Waals surface area contributed by atoms with Crippen molar-refractivity contribution in [2.24, 2.45) is 4.99 Å². The zero-order valence-electron chi connectivity index (χ0n) is 6.13. The van der Waals surface area contributed by atoms with Crippen molar-refractivity contribution < 1.29 is 4.79 Å². The highest BCUT2D eigenvalue weighted by Gasteiger charge is 1.98. The van der Waals surface area contributed by atoms with Gasteiger partial charge in [-0.2, -0.15) is 4.99 Å². The van der Waals surface area contributed by atoms with E-state index in [9.17, 15) is 4.79 Å². The summed E-state index contributed by atoms with van der Waals surface area (Å²) >= 11 is 1.56. The second kappa shape index (κ2) is 3.28. The lowest BCUT2D eigenvalue weighted by molar-refractivity contribution is 0.565. The van der Waals surface area contributed by atoms with E-state index in [4.69, 9.17) is 0 Å². The molecule has 0 N–H and O–H groups in total. The Balaban J connectivity index is 2.93. The molecule has 0 aliphatic carbocycles. The summed E-state index contributed by atoms with van der Waals surface area (Å²) in [5.74, 6) is 0. The third-order valence-electron chi connectivity index (χ3n) is 1.21. The molecule has 0 amide bonds. The van der Waals surface area contributed by atoms with E-state index in [2.05, 4.69) is 11.6 Å². The largest absolute Gasteiger partial charge is 0.240 e. The van der Waals surface area contributed by atoms with Gasteiger partial charge in [-0.15, -0.1) is 11.3 Å². The average Bonchev–Trinajstić information content (AvgIpc) is 2.36. The maximum absolute atomic E-state index is 9.85. The van der Waals surface area contributed by atoms with E-state index in [1.165, 1.54) is 11.0 Å². The Hall–Kier alpha value is -1.18. The van der Waals surface area contributed by atoms with Crippen LogP contribution in [0.2, 0.25) is 0 Å². The van der Waals surface area contributed by atoms with E-state index >= 15 is 0 Å². The Morgan fingerprint density at radius 2 is 2.45 bits per heavy atom. The standard InChI is InChI=1S/C8H7NOS/c1-6-3-4-8(11-6)7(2)9-5-10/h3-4H,2H2,1H3. The molecule has 0 fully saturated rings. The molecule has 2 nitrogen and oxygen atoms in total. The number of carbonyl (C=O) groups excluding carboxylic acids is 1. The minimum atomic E-state index is 0.484. The first-order chi connectivity index (χ1) is 5.24. The van der Waals surface area contributed by atoms with Crippen molar-refractivity contribution >= 4 is 23.1 Å². The van der Waals surface area contributed by atoms with Crippen LogP contribution in [0.5, 0.6) is 0 Å². The minimum Gasteiger partial charge on any atom is -0.211 e. The van der Waals surface area contributed by atoms with Crippen LogP contribution in [0.1, 0.15) is 9.75 Å². The molecular weight excluding hydrogens is 158 g/mol. The molecule has 0 aliphatic rings. The molecule has 0 saturated carbocycles. The highest BCUT2D eigenvalue weighted by molar-refractivity contribution is 7.13.